The van der Waals surface area contributed by atoms with E-state index in [0.29, 0.717) is 23.0 Å². The van der Waals surface area contributed by atoms with Gasteiger partial charge in [0.05, 0.1) is 12.8 Å². The third-order valence-corrected chi connectivity index (χ3v) is 8.64. The molecule has 1 fully saturated rings. The molecule has 0 spiro atoms. The van der Waals surface area contributed by atoms with E-state index in [4.69, 9.17) is 4.74 Å². The van der Waals surface area contributed by atoms with E-state index >= 15 is 0 Å². The zero-order chi connectivity index (χ0) is 28.2. The molecule has 5 nitrogen and oxygen atoms in total. The van der Waals surface area contributed by atoms with Gasteiger partial charge in [0.1, 0.15) is 4.88 Å². The van der Waals surface area contributed by atoms with Gasteiger partial charge in [-0.3, -0.25) is 4.79 Å². The normalized spacial score (nSPS) is 18.4. The lowest BCUT2D eigenvalue weighted by molar-refractivity contribution is -0.124. The number of anilines is 1. The van der Waals surface area contributed by atoms with Gasteiger partial charge >= 0.3 is 5.97 Å². The lowest BCUT2D eigenvalue weighted by Crippen LogP contribution is -2.46. The molecule has 1 aromatic carbocycles. The van der Waals surface area contributed by atoms with Crippen molar-refractivity contribution in [3.8, 4) is 10.4 Å². The number of ether oxygens (including phenoxy) is 1. The Balaban J connectivity index is 1.91. The number of rotatable bonds is 13. The topological polar surface area (TPSA) is 58.6 Å². The Morgan fingerprint density at radius 2 is 1.90 bits per heavy atom. The summed E-state index contributed by atoms with van der Waals surface area (Å²) in [6.45, 7) is 11.9. The SMILES string of the molecule is C=C(/C=C\C=C/C)CNCCC(CC)N(C(=O)C1CCC(C)CC1)c1cc(-c2ccccc2)sc1C(=O)OC. The minimum absolute atomic E-state index is 0.0229. The van der Waals surface area contributed by atoms with Crippen molar-refractivity contribution in [1.29, 1.82) is 0 Å². The number of carbonyl (C=O) groups excluding carboxylic acids is 2. The van der Waals surface area contributed by atoms with Crippen LogP contribution in [0.15, 0.2) is 72.9 Å². The lowest BCUT2D eigenvalue weighted by atomic mass is 9.82. The van der Waals surface area contributed by atoms with Gasteiger partial charge in [-0.2, -0.15) is 0 Å². The number of allylic oxidation sites excluding steroid dienone is 3. The highest BCUT2D eigenvalue weighted by Crippen LogP contribution is 2.40. The first-order chi connectivity index (χ1) is 18.9. The van der Waals surface area contributed by atoms with Crippen molar-refractivity contribution in [2.24, 2.45) is 11.8 Å². The highest BCUT2D eigenvalue weighted by Gasteiger charge is 2.35. The molecule has 39 heavy (non-hydrogen) atoms. The smallest absolute Gasteiger partial charge is 0.350 e. The Labute approximate surface area is 238 Å². The zero-order valence-electron chi connectivity index (χ0n) is 23.9. The number of thiophene rings is 1. The molecule has 1 unspecified atom stereocenters. The van der Waals surface area contributed by atoms with E-state index in [2.05, 4.69) is 25.7 Å². The van der Waals surface area contributed by atoms with Crippen LogP contribution in [-0.2, 0) is 9.53 Å². The van der Waals surface area contributed by atoms with E-state index in [1.54, 1.807) is 0 Å². The number of methoxy groups -OCH3 is 1. The zero-order valence-corrected chi connectivity index (χ0v) is 24.8. The monoisotopic (exact) mass is 548 g/mol. The number of carbonyl (C=O) groups is 2. The molecule has 0 saturated heterocycles. The highest BCUT2D eigenvalue weighted by atomic mass is 32.1. The molecule has 2 aromatic rings. The van der Waals surface area contributed by atoms with Crippen LogP contribution in [0.4, 0.5) is 5.69 Å². The third-order valence-electron chi connectivity index (χ3n) is 7.48. The molecular formula is C33H44N2O3S. The van der Waals surface area contributed by atoms with Gasteiger partial charge in [-0.1, -0.05) is 75.1 Å². The van der Waals surface area contributed by atoms with Gasteiger partial charge in [0.15, 0.2) is 0 Å². The van der Waals surface area contributed by atoms with Crippen LogP contribution in [0.1, 0.15) is 69.0 Å². The summed E-state index contributed by atoms with van der Waals surface area (Å²) in [4.78, 5) is 30.6. The number of hydrogen-bond donors (Lipinski definition) is 1. The average Bonchev–Trinajstić information content (AvgIpc) is 3.40. The standard InChI is InChI=1S/C33H44N2O3S/c1-6-8-10-13-25(4)23-34-21-20-28(7-2)35(32(36)27-18-16-24(3)17-19-27)29-22-30(26-14-11-9-12-15-26)39-31(29)33(37)38-5/h6,8-15,22,24,27-28,34H,4,7,16-21,23H2,1-3,5H3/b8-6-,13-10-. The predicted octanol–water partition coefficient (Wildman–Crippen LogP) is 7.81. The summed E-state index contributed by atoms with van der Waals surface area (Å²) in [7, 11) is 1.40. The van der Waals surface area contributed by atoms with Crippen LogP contribution in [0.5, 0.6) is 0 Å². The summed E-state index contributed by atoms with van der Waals surface area (Å²) in [5, 5.41) is 3.49. The van der Waals surface area contributed by atoms with Crippen LogP contribution in [0, 0.1) is 11.8 Å². The summed E-state index contributed by atoms with van der Waals surface area (Å²) in [5.74, 6) is 0.366. The fourth-order valence-corrected chi connectivity index (χ4v) is 6.21. The van der Waals surface area contributed by atoms with Crippen molar-refractivity contribution in [2.75, 3.05) is 25.1 Å². The van der Waals surface area contributed by atoms with Crippen LogP contribution < -0.4 is 10.2 Å². The maximum Gasteiger partial charge on any atom is 0.350 e. The van der Waals surface area contributed by atoms with Gasteiger partial charge in [-0.05, 0) is 75.1 Å². The van der Waals surface area contributed by atoms with E-state index in [9.17, 15) is 9.59 Å². The van der Waals surface area contributed by atoms with Crippen molar-refractivity contribution in [3.63, 3.8) is 0 Å². The van der Waals surface area contributed by atoms with Crippen molar-refractivity contribution >= 4 is 28.9 Å². The molecule has 1 amide bonds. The van der Waals surface area contributed by atoms with Crippen LogP contribution in [-0.4, -0.2) is 38.1 Å². The van der Waals surface area contributed by atoms with Crippen LogP contribution >= 0.6 is 11.3 Å². The first-order valence-electron chi connectivity index (χ1n) is 14.2. The molecule has 0 bridgehead atoms. The molecule has 1 atom stereocenters. The Morgan fingerprint density at radius 1 is 1.18 bits per heavy atom. The third kappa shape index (κ3) is 8.51. The van der Waals surface area contributed by atoms with Crippen molar-refractivity contribution in [1.82, 2.24) is 5.32 Å². The molecule has 0 radical (unpaired) electrons. The molecule has 1 aliphatic rings. The molecule has 210 valence electrons. The maximum atomic E-state index is 14.2. The van der Waals surface area contributed by atoms with Crippen molar-refractivity contribution in [3.05, 3.63) is 77.7 Å². The highest BCUT2D eigenvalue weighted by molar-refractivity contribution is 7.18. The lowest BCUT2D eigenvalue weighted by Gasteiger charge is -2.36. The largest absolute Gasteiger partial charge is 0.465 e. The summed E-state index contributed by atoms with van der Waals surface area (Å²) in [5.41, 5.74) is 2.71. The van der Waals surface area contributed by atoms with Crippen LogP contribution in [0.25, 0.3) is 10.4 Å². The molecule has 1 N–H and O–H groups in total. The molecular weight excluding hydrogens is 504 g/mol. The Bertz CT molecular complexity index is 1140. The maximum absolute atomic E-state index is 14.2. The molecule has 6 heteroatoms. The van der Waals surface area contributed by atoms with E-state index in [-0.39, 0.29) is 17.9 Å². The second kappa shape index (κ2) is 15.6. The summed E-state index contributed by atoms with van der Waals surface area (Å²) in [6.07, 6.45) is 13.4. The average molecular weight is 549 g/mol. The van der Waals surface area contributed by atoms with Crippen molar-refractivity contribution < 1.29 is 14.3 Å². The van der Waals surface area contributed by atoms with Gasteiger partial charge < -0.3 is 15.0 Å². The van der Waals surface area contributed by atoms with Gasteiger partial charge in [0.2, 0.25) is 5.91 Å². The molecule has 1 aromatic heterocycles. The van der Waals surface area contributed by atoms with Crippen LogP contribution in [0.2, 0.25) is 0 Å². The predicted molar refractivity (Wildman–Crippen MR) is 164 cm³/mol. The molecule has 0 aliphatic heterocycles. The van der Waals surface area contributed by atoms with Gasteiger partial charge in [0.25, 0.3) is 0 Å². The Hall–Kier alpha value is -2.96. The minimum atomic E-state index is -0.399. The van der Waals surface area contributed by atoms with E-state index in [1.165, 1.54) is 18.4 Å². The number of amides is 1. The first kappa shape index (κ1) is 30.6. The number of nitrogens with zero attached hydrogens (tertiary/aromatic N) is 1. The van der Waals surface area contributed by atoms with E-state index < -0.39 is 5.97 Å². The van der Waals surface area contributed by atoms with Crippen LogP contribution in [0.3, 0.4) is 0 Å². The first-order valence-corrected chi connectivity index (χ1v) is 15.0. The van der Waals surface area contributed by atoms with E-state index in [0.717, 1.165) is 61.1 Å². The summed E-state index contributed by atoms with van der Waals surface area (Å²) in [6, 6.07) is 12.0. The fourth-order valence-electron chi connectivity index (χ4n) is 5.14. The minimum Gasteiger partial charge on any atom is -0.465 e. The second-order valence-electron chi connectivity index (χ2n) is 10.4. The van der Waals surface area contributed by atoms with Gasteiger partial charge in [-0.25, -0.2) is 4.79 Å². The quantitative estimate of drug-likeness (QED) is 0.158. The van der Waals surface area contributed by atoms with Gasteiger partial charge in [0, 0.05) is 23.4 Å². The number of benzene rings is 1. The summed E-state index contributed by atoms with van der Waals surface area (Å²) >= 11 is 1.40. The molecule has 1 aliphatic carbocycles. The fraction of sp³-hybridized carbons (Fsp3) is 0.455. The number of nitrogens with one attached hydrogen (secondary N) is 1. The van der Waals surface area contributed by atoms with E-state index in [1.807, 2.05) is 72.5 Å². The second-order valence-corrected chi connectivity index (χ2v) is 11.5. The Kier molecular flexibility index (Phi) is 12.2. The molecule has 1 heterocycles. The Morgan fingerprint density at radius 3 is 2.54 bits per heavy atom. The molecule has 1 saturated carbocycles. The van der Waals surface area contributed by atoms with Crippen molar-refractivity contribution in [2.45, 2.75) is 65.3 Å². The van der Waals surface area contributed by atoms with Gasteiger partial charge in [-0.15, -0.1) is 11.3 Å². The summed E-state index contributed by atoms with van der Waals surface area (Å²) < 4.78 is 5.19. The molecule has 3 rings (SSSR count). The number of esters is 1. The number of hydrogen-bond acceptors (Lipinski definition) is 5.